The van der Waals surface area contributed by atoms with Crippen LogP contribution in [0.15, 0.2) is 48.5 Å². The van der Waals surface area contributed by atoms with Crippen molar-refractivity contribution in [3.8, 4) is 11.5 Å². The fourth-order valence-electron chi connectivity index (χ4n) is 2.07. The lowest BCUT2D eigenvalue weighted by molar-refractivity contribution is 0.0981. The van der Waals surface area contributed by atoms with E-state index in [0.717, 1.165) is 0 Å². The van der Waals surface area contributed by atoms with Crippen LogP contribution in [-0.4, -0.2) is 21.1 Å². The predicted molar refractivity (Wildman–Crippen MR) is 79.1 cm³/mol. The van der Waals surface area contributed by atoms with Gasteiger partial charge in [-0.2, -0.15) is 0 Å². The van der Waals surface area contributed by atoms with E-state index in [-0.39, 0.29) is 18.1 Å². The fourth-order valence-corrected chi connectivity index (χ4v) is 3.17. The number of hydrogen-bond donors (Lipinski definition) is 1. The van der Waals surface area contributed by atoms with Crippen molar-refractivity contribution < 1.29 is 22.7 Å². The molecule has 0 saturated carbocycles. The molecule has 7 heteroatoms. The summed E-state index contributed by atoms with van der Waals surface area (Å²) >= 11 is 0. The van der Waals surface area contributed by atoms with Crippen LogP contribution < -0.4 is 14.2 Å². The molecule has 2 aromatic carbocycles. The van der Waals surface area contributed by atoms with Gasteiger partial charge in [0, 0.05) is 5.56 Å². The molecule has 0 radical (unpaired) electrons. The van der Waals surface area contributed by atoms with Crippen LogP contribution in [0.2, 0.25) is 0 Å². The molecule has 0 atom stereocenters. The Hall–Kier alpha value is -2.54. The molecule has 0 fully saturated rings. The van der Waals surface area contributed by atoms with Gasteiger partial charge < -0.3 is 9.47 Å². The molecule has 1 heterocycles. The highest BCUT2D eigenvalue weighted by Gasteiger charge is 2.20. The van der Waals surface area contributed by atoms with Gasteiger partial charge in [-0.1, -0.05) is 30.3 Å². The van der Waals surface area contributed by atoms with Crippen LogP contribution >= 0.6 is 0 Å². The fraction of sp³-hybridized carbons (Fsp3) is 0.133. The first-order valence-electron chi connectivity index (χ1n) is 6.52. The number of ether oxygens (including phenoxy) is 2. The van der Waals surface area contributed by atoms with E-state index < -0.39 is 15.9 Å². The topological polar surface area (TPSA) is 81.7 Å². The molecule has 6 nitrogen and oxygen atoms in total. The Balaban J connectivity index is 1.73. The van der Waals surface area contributed by atoms with Gasteiger partial charge in [-0.15, -0.1) is 0 Å². The quantitative estimate of drug-likeness (QED) is 0.927. The molecular formula is C15H13NO5S. The molecule has 2 aromatic rings. The summed E-state index contributed by atoms with van der Waals surface area (Å²) in [7, 11) is -3.77. The van der Waals surface area contributed by atoms with E-state index in [1.54, 1.807) is 36.4 Å². The van der Waals surface area contributed by atoms with Gasteiger partial charge >= 0.3 is 0 Å². The van der Waals surface area contributed by atoms with Gasteiger partial charge in [0.25, 0.3) is 5.91 Å². The summed E-state index contributed by atoms with van der Waals surface area (Å²) in [6, 6.07) is 13.2. The second kappa shape index (κ2) is 5.69. The van der Waals surface area contributed by atoms with E-state index in [4.69, 9.17) is 9.47 Å². The zero-order chi connectivity index (χ0) is 15.6. The summed E-state index contributed by atoms with van der Waals surface area (Å²) in [5, 5.41) is 0. The van der Waals surface area contributed by atoms with Gasteiger partial charge in [0.2, 0.25) is 16.8 Å². The third-order valence-corrected chi connectivity index (χ3v) is 4.29. The number of hydrogen-bond acceptors (Lipinski definition) is 5. The zero-order valence-electron chi connectivity index (χ0n) is 11.5. The first-order valence-corrected chi connectivity index (χ1v) is 8.17. The van der Waals surface area contributed by atoms with E-state index in [1.807, 2.05) is 4.72 Å². The number of benzene rings is 2. The lowest BCUT2D eigenvalue weighted by atomic mass is 10.2. The SMILES string of the molecule is O=C(NS(=O)(=O)Cc1ccccc1)c1ccc2c(c1)OCO2. The molecule has 0 unspecified atom stereocenters. The van der Waals surface area contributed by atoms with Crippen molar-refractivity contribution in [2.45, 2.75) is 5.75 Å². The number of carbonyl (C=O) groups excluding carboxylic acids is 1. The van der Waals surface area contributed by atoms with Gasteiger partial charge in [0.15, 0.2) is 11.5 Å². The molecule has 22 heavy (non-hydrogen) atoms. The molecule has 3 rings (SSSR count). The summed E-state index contributed by atoms with van der Waals surface area (Å²) in [5.74, 6) is -0.00421. The second-order valence-corrected chi connectivity index (χ2v) is 6.47. The van der Waals surface area contributed by atoms with Crippen molar-refractivity contribution >= 4 is 15.9 Å². The van der Waals surface area contributed by atoms with Crippen molar-refractivity contribution in [2.75, 3.05) is 6.79 Å². The number of rotatable bonds is 4. The van der Waals surface area contributed by atoms with Crippen molar-refractivity contribution in [1.82, 2.24) is 4.72 Å². The number of nitrogens with one attached hydrogen (secondary N) is 1. The highest BCUT2D eigenvalue weighted by atomic mass is 32.2. The Labute approximate surface area is 127 Å². The van der Waals surface area contributed by atoms with Gasteiger partial charge in [-0.05, 0) is 23.8 Å². The predicted octanol–water partition coefficient (Wildman–Crippen LogP) is 1.68. The van der Waals surface area contributed by atoms with Crippen LogP contribution in [0.5, 0.6) is 11.5 Å². The van der Waals surface area contributed by atoms with E-state index in [2.05, 4.69) is 0 Å². The van der Waals surface area contributed by atoms with Gasteiger partial charge in [-0.25, -0.2) is 13.1 Å². The van der Waals surface area contributed by atoms with Crippen LogP contribution in [0, 0.1) is 0 Å². The van der Waals surface area contributed by atoms with Gasteiger partial charge in [-0.3, -0.25) is 4.79 Å². The molecule has 0 spiro atoms. The van der Waals surface area contributed by atoms with E-state index in [1.165, 1.54) is 12.1 Å². The Morgan fingerprint density at radius 3 is 2.55 bits per heavy atom. The third-order valence-electron chi connectivity index (χ3n) is 3.08. The largest absolute Gasteiger partial charge is 0.454 e. The summed E-state index contributed by atoms with van der Waals surface area (Å²) in [6.07, 6.45) is 0. The van der Waals surface area contributed by atoms with Crippen molar-refractivity contribution in [2.24, 2.45) is 0 Å². The monoisotopic (exact) mass is 319 g/mol. The van der Waals surface area contributed by atoms with E-state index >= 15 is 0 Å². The summed E-state index contributed by atoms with van der Waals surface area (Å²) in [4.78, 5) is 12.1. The highest BCUT2D eigenvalue weighted by Crippen LogP contribution is 2.32. The third kappa shape index (κ3) is 3.20. The smallest absolute Gasteiger partial charge is 0.264 e. The van der Waals surface area contributed by atoms with Crippen molar-refractivity contribution in [3.63, 3.8) is 0 Å². The Morgan fingerprint density at radius 1 is 1.05 bits per heavy atom. The number of carbonyl (C=O) groups is 1. The molecule has 114 valence electrons. The molecule has 0 aliphatic carbocycles. The lowest BCUT2D eigenvalue weighted by Gasteiger charge is -2.07. The average Bonchev–Trinajstić information content (AvgIpc) is 2.94. The molecule has 0 bridgehead atoms. The van der Waals surface area contributed by atoms with Gasteiger partial charge in [0.05, 0.1) is 5.75 Å². The summed E-state index contributed by atoms with van der Waals surface area (Å²) in [5.41, 5.74) is 0.800. The molecule has 1 aliphatic rings. The Kier molecular flexibility index (Phi) is 3.72. The Morgan fingerprint density at radius 2 is 1.77 bits per heavy atom. The standard InChI is InChI=1S/C15H13NO5S/c17-15(12-6-7-13-14(8-12)21-10-20-13)16-22(18,19)9-11-4-2-1-3-5-11/h1-8H,9-10H2,(H,16,17). The van der Waals surface area contributed by atoms with Crippen molar-refractivity contribution in [3.05, 3.63) is 59.7 Å². The molecular weight excluding hydrogens is 306 g/mol. The maximum Gasteiger partial charge on any atom is 0.264 e. The van der Waals surface area contributed by atoms with Crippen molar-refractivity contribution in [1.29, 1.82) is 0 Å². The van der Waals surface area contributed by atoms with Crippen LogP contribution in [0.1, 0.15) is 15.9 Å². The average molecular weight is 319 g/mol. The highest BCUT2D eigenvalue weighted by molar-refractivity contribution is 7.89. The summed E-state index contributed by atoms with van der Waals surface area (Å²) in [6.45, 7) is 0.0900. The second-order valence-electron chi connectivity index (χ2n) is 4.74. The van der Waals surface area contributed by atoms with Crippen LogP contribution in [0.4, 0.5) is 0 Å². The van der Waals surface area contributed by atoms with Crippen LogP contribution in [-0.2, 0) is 15.8 Å². The molecule has 1 aliphatic heterocycles. The Bertz CT molecular complexity index is 802. The zero-order valence-corrected chi connectivity index (χ0v) is 12.3. The first-order chi connectivity index (χ1) is 10.5. The summed E-state index contributed by atoms with van der Waals surface area (Å²) < 4.78 is 36.4. The molecule has 1 N–H and O–H groups in total. The number of fused-ring (bicyclic) bond motifs is 1. The molecule has 0 aromatic heterocycles. The maximum absolute atomic E-state index is 12.1. The minimum absolute atomic E-state index is 0.0900. The first kappa shape index (κ1) is 14.4. The van der Waals surface area contributed by atoms with E-state index in [9.17, 15) is 13.2 Å². The normalized spacial score (nSPS) is 12.9. The lowest BCUT2D eigenvalue weighted by Crippen LogP contribution is -2.31. The molecule has 1 amide bonds. The number of amides is 1. The van der Waals surface area contributed by atoms with Crippen LogP contribution in [0.25, 0.3) is 0 Å². The van der Waals surface area contributed by atoms with E-state index in [0.29, 0.717) is 17.1 Å². The molecule has 0 saturated heterocycles. The number of sulfonamides is 1. The van der Waals surface area contributed by atoms with Crippen LogP contribution in [0.3, 0.4) is 0 Å². The van der Waals surface area contributed by atoms with Gasteiger partial charge in [0.1, 0.15) is 0 Å². The minimum atomic E-state index is -3.77. The maximum atomic E-state index is 12.1. The minimum Gasteiger partial charge on any atom is -0.454 e.